The van der Waals surface area contributed by atoms with Gasteiger partial charge < -0.3 is 9.47 Å². The van der Waals surface area contributed by atoms with Gasteiger partial charge >= 0.3 is 11.9 Å². The highest BCUT2D eigenvalue weighted by Crippen LogP contribution is 2.11. The van der Waals surface area contributed by atoms with Crippen molar-refractivity contribution >= 4 is 11.9 Å². The molecule has 4 heteroatoms. The fourth-order valence-corrected chi connectivity index (χ4v) is 2.10. The SMILES string of the molecule is CCCC(CCC)OC(=O)CCC(=O)OCCCC(C)C. The number of esters is 2. The van der Waals surface area contributed by atoms with Gasteiger partial charge in [0.15, 0.2) is 0 Å². The highest BCUT2D eigenvalue weighted by Gasteiger charge is 2.14. The zero-order chi connectivity index (χ0) is 16.1. The fourth-order valence-electron chi connectivity index (χ4n) is 2.10. The lowest BCUT2D eigenvalue weighted by molar-refractivity contribution is -0.154. The summed E-state index contributed by atoms with van der Waals surface area (Å²) in [5, 5.41) is 0. The van der Waals surface area contributed by atoms with Gasteiger partial charge in [-0.2, -0.15) is 0 Å². The summed E-state index contributed by atoms with van der Waals surface area (Å²) < 4.78 is 10.5. The van der Waals surface area contributed by atoms with E-state index < -0.39 is 0 Å². The van der Waals surface area contributed by atoms with Gasteiger partial charge in [0, 0.05) is 0 Å². The topological polar surface area (TPSA) is 52.6 Å². The minimum atomic E-state index is -0.307. The van der Waals surface area contributed by atoms with Gasteiger partial charge in [0.25, 0.3) is 0 Å². The molecule has 21 heavy (non-hydrogen) atoms. The molecule has 0 aromatic rings. The molecule has 0 saturated carbocycles. The van der Waals surface area contributed by atoms with Crippen molar-refractivity contribution in [2.75, 3.05) is 6.61 Å². The Bertz CT molecular complexity index is 281. The van der Waals surface area contributed by atoms with Crippen LogP contribution in [0.15, 0.2) is 0 Å². The van der Waals surface area contributed by atoms with Gasteiger partial charge in [-0.15, -0.1) is 0 Å². The molecule has 0 atom stereocenters. The first kappa shape index (κ1) is 19.9. The standard InChI is InChI=1S/C17H32O4/c1-5-8-15(9-6-2)21-17(19)12-11-16(18)20-13-7-10-14(3)4/h14-15H,5-13H2,1-4H3. The van der Waals surface area contributed by atoms with Crippen LogP contribution in [0.1, 0.15) is 79.1 Å². The van der Waals surface area contributed by atoms with Crippen LogP contribution in [0.25, 0.3) is 0 Å². The molecule has 0 aliphatic carbocycles. The quantitative estimate of drug-likeness (QED) is 0.399. The Balaban J connectivity index is 3.77. The van der Waals surface area contributed by atoms with Crippen molar-refractivity contribution in [1.29, 1.82) is 0 Å². The lowest BCUT2D eigenvalue weighted by Crippen LogP contribution is -2.19. The van der Waals surface area contributed by atoms with Crippen LogP contribution in [0.4, 0.5) is 0 Å². The predicted molar refractivity (Wildman–Crippen MR) is 84.0 cm³/mol. The zero-order valence-corrected chi connectivity index (χ0v) is 14.2. The highest BCUT2D eigenvalue weighted by atomic mass is 16.5. The average Bonchev–Trinajstić information content (AvgIpc) is 2.42. The number of carbonyl (C=O) groups excluding carboxylic acids is 2. The lowest BCUT2D eigenvalue weighted by Gasteiger charge is -2.16. The molecule has 0 saturated heterocycles. The molecule has 124 valence electrons. The molecule has 0 aromatic carbocycles. The van der Waals surface area contributed by atoms with E-state index in [0.29, 0.717) is 12.5 Å². The molecule has 0 aliphatic rings. The monoisotopic (exact) mass is 300 g/mol. The summed E-state index contributed by atoms with van der Waals surface area (Å²) in [4.78, 5) is 23.2. The molecule has 0 spiro atoms. The second-order valence-electron chi connectivity index (χ2n) is 5.95. The summed E-state index contributed by atoms with van der Waals surface area (Å²) in [6, 6.07) is 0. The van der Waals surface area contributed by atoms with Crippen LogP contribution in [-0.2, 0) is 19.1 Å². The molecular formula is C17H32O4. The van der Waals surface area contributed by atoms with Crippen molar-refractivity contribution in [2.24, 2.45) is 5.92 Å². The maximum absolute atomic E-state index is 11.7. The van der Waals surface area contributed by atoms with Crippen LogP contribution in [0, 0.1) is 5.92 Å². The first-order valence-corrected chi connectivity index (χ1v) is 8.34. The molecule has 0 heterocycles. The van der Waals surface area contributed by atoms with Gasteiger partial charge in [-0.1, -0.05) is 40.5 Å². The predicted octanol–water partition coefficient (Wildman–Crippen LogP) is 4.26. The van der Waals surface area contributed by atoms with E-state index in [1.165, 1.54) is 0 Å². The summed E-state index contributed by atoms with van der Waals surface area (Å²) in [5.41, 5.74) is 0. The summed E-state index contributed by atoms with van der Waals surface area (Å²) in [6.07, 6.45) is 5.92. The number of hydrogen-bond acceptors (Lipinski definition) is 4. The van der Waals surface area contributed by atoms with Crippen LogP contribution in [0.3, 0.4) is 0 Å². The Morgan fingerprint density at radius 3 is 2.00 bits per heavy atom. The molecule has 0 radical (unpaired) electrons. The molecular weight excluding hydrogens is 268 g/mol. The minimum absolute atomic E-state index is 0.00503. The molecule has 0 aliphatic heterocycles. The van der Waals surface area contributed by atoms with E-state index in [4.69, 9.17) is 9.47 Å². The van der Waals surface area contributed by atoms with E-state index >= 15 is 0 Å². The summed E-state index contributed by atoms with van der Waals surface area (Å²) >= 11 is 0. The third kappa shape index (κ3) is 12.4. The van der Waals surface area contributed by atoms with E-state index in [2.05, 4.69) is 27.7 Å². The van der Waals surface area contributed by atoms with Crippen molar-refractivity contribution in [1.82, 2.24) is 0 Å². The first-order chi connectivity index (χ1) is 9.99. The van der Waals surface area contributed by atoms with Crippen LogP contribution in [0.5, 0.6) is 0 Å². The molecule has 0 unspecified atom stereocenters. The first-order valence-electron chi connectivity index (χ1n) is 8.34. The zero-order valence-electron chi connectivity index (χ0n) is 14.2. The summed E-state index contributed by atoms with van der Waals surface area (Å²) in [5.74, 6) is 0.0204. The maximum atomic E-state index is 11.7. The van der Waals surface area contributed by atoms with Crippen molar-refractivity contribution in [3.8, 4) is 0 Å². The third-order valence-electron chi connectivity index (χ3n) is 3.24. The van der Waals surface area contributed by atoms with Crippen molar-refractivity contribution in [2.45, 2.75) is 85.2 Å². The maximum Gasteiger partial charge on any atom is 0.306 e. The lowest BCUT2D eigenvalue weighted by atomic mass is 10.1. The Morgan fingerprint density at radius 1 is 0.905 bits per heavy atom. The van der Waals surface area contributed by atoms with E-state index in [1.54, 1.807) is 0 Å². The number of ether oxygens (including phenoxy) is 2. The Morgan fingerprint density at radius 2 is 1.48 bits per heavy atom. The molecule has 0 fully saturated rings. The normalized spacial score (nSPS) is 11.0. The Kier molecular flexibility index (Phi) is 12.0. The highest BCUT2D eigenvalue weighted by molar-refractivity contribution is 5.77. The van der Waals surface area contributed by atoms with E-state index in [-0.39, 0.29) is 30.9 Å². The Labute approximate surface area is 129 Å². The molecule has 0 amide bonds. The van der Waals surface area contributed by atoms with Gasteiger partial charge in [0.1, 0.15) is 6.10 Å². The molecule has 0 rings (SSSR count). The van der Waals surface area contributed by atoms with Gasteiger partial charge in [-0.3, -0.25) is 9.59 Å². The molecule has 0 N–H and O–H groups in total. The van der Waals surface area contributed by atoms with Crippen molar-refractivity contribution < 1.29 is 19.1 Å². The van der Waals surface area contributed by atoms with Gasteiger partial charge in [0.2, 0.25) is 0 Å². The molecule has 0 aromatic heterocycles. The van der Waals surface area contributed by atoms with Crippen LogP contribution >= 0.6 is 0 Å². The summed E-state index contributed by atoms with van der Waals surface area (Å²) in [7, 11) is 0. The van der Waals surface area contributed by atoms with E-state index in [9.17, 15) is 9.59 Å². The minimum Gasteiger partial charge on any atom is -0.466 e. The van der Waals surface area contributed by atoms with Crippen molar-refractivity contribution in [3.05, 3.63) is 0 Å². The smallest absolute Gasteiger partial charge is 0.306 e. The molecule has 4 nitrogen and oxygen atoms in total. The third-order valence-corrected chi connectivity index (χ3v) is 3.24. The summed E-state index contributed by atoms with van der Waals surface area (Å²) in [6.45, 7) is 8.87. The average molecular weight is 300 g/mol. The van der Waals surface area contributed by atoms with Crippen LogP contribution in [-0.4, -0.2) is 24.6 Å². The molecule has 0 bridgehead atoms. The largest absolute Gasteiger partial charge is 0.466 e. The second kappa shape index (κ2) is 12.7. The second-order valence-corrected chi connectivity index (χ2v) is 5.95. The van der Waals surface area contributed by atoms with Crippen LogP contribution in [0.2, 0.25) is 0 Å². The van der Waals surface area contributed by atoms with Gasteiger partial charge in [-0.25, -0.2) is 0 Å². The van der Waals surface area contributed by atoms with Gasteiger partial charge in [0.05, 0.1) is 19.4 Å². The van der Waals surface area contributed by atoms with Crippen LogP contribution < -0.4 is 0 Å². The number of hydrogen-bond donors (Lipinski definition) is 0. The van der Waals surface area contributed by atoms with E-state index in [0.717, 1.165) is 38.5 Å². The number of carbonyl (C=O) groups is 2. The van der Waals surface area contributed by atoms with Gasteiger partial charge in [-0.05, 0) is 31.6 Å². The van der Waals surface area contributed by atoms with Crippen molar-refractivity contribution in [3.63, 3.8) is 0 Å². The Hall–Kier alpha value is -1.06. The number of rotatable bonds is 12. The fraction of sp³-hybridized carbons (Fsp3) is 0.882. The van der Waals surface area contributed by atoms with E-state index in [1.807, 2.05) is 0 Å².